The number of benzene rings is 1. The van der Waals surface area contributed by atoms with Crippen molar-refractivity contribution in [3.8, 4) is 0 Å². The molecule has 0 spiro atoms. The van der Waals surface area contributed by atoms with E-state index in [-0.39, 0.29) is 40.5 Å². The topological polar surface area (TPSA) is 57.2 Å². The van der Waals surface area contributed by atoms with Gasteiger partial charge in [0.2, 0.25) is 0 Å². The fourth-order valence-electron chi connectivity index (χ4n) is 0.538. The zero-order valence-corrected chi connectivity index (χ0v) is 8.76. The van der Waals surface area contributed by atoms with Gasteiger partial charge in [-0.2, -0.15) is 0 Å². The summed E-state index contributed by atoms with van der Waals surface area (Å²) < 4.78 is 38.0. The SMILES string of the molecule is [3H]c1ccc(S(=O)(=O)[O-])cc1.[Na+]. The van der Waals surface area contributed by atoms with Crippen LogP contribution in [0.1, 0.15) is 1.37 Å². The van der Waals surface area contributed by atoms with Gasteiger partial charge >= 0.3 is 29.6 Å². The summed E-state index contributed by atoms with van der Waals surface area (Å²) in [6.07, 6.45) is 0. The van der Waals surface area contributed by atoms with Crippen LogP contribution in [0.3, 0.4) is 0 Å². The molecule has 0 aliphatic heterocycles. The van der Waals surface area contributed by atoms with Crippen molar-refractivity contribution in [2.24, 2.45) is 0 Å². The Morgan fingerprint density at radius 1 is 1.36 bits per heavy atom. The van der Waals surface area contributed by atoms with E-state index in [9.17, 15) is 13.0 Å². The zero-order chi connectivity index (χ0) is 8.48. The molecular formula is C6H5NaO3S. The van der Waals surface area contributed by atoms with Crippen LogP contribution >= 0.6 is 0 Å². The predicted molar refractivity (Wildman–Crippen MR) is 34.4 cm³/mol. The standard InChI is InChI=1S/C6H6O3S.Na/c7-10(8,9)6-4-2-1-3-5-6;/h1-5H,(H,7,8,9);/q;+1/p-1/i1T;. The fourth-order valence-corrected chi connectivity index (χ4v) is 1.01. The van der Waals surface area contributed by atoms with Gasteiger partial charge < -0.3 is 4.55 Å². The maximum atomic E-state index is 10.3. The minimum atomic E-state index is -4.35. The van der Waals surface area contributed by atoms with E-state index in [1.807, 2.05) is 0 Å². The summed E-state index contributed by atoms with van der Waals surface area (Å²) in [6, 6.07) is 4.92. The summed E-state index contributed by atoms with van der Waals surface area (Å²) in [6.45, 7) is 0. The van der Waals surface area contributed by atoms with Crippen molar-refractivity contribution in [3.05, 3.63) is 30.3 Å². The molecule has 1 aromatic rings. The molecule has 0 atom stereocenters. The predicted octanol–water partition coefficient (Wildman–Crippen LogP) is -2.41. The molecule has 1 rings (SSSR count). The summed E-state index contributed by atoms with van der Waals surface area (Å²) in [4.78, 5) is -0.298. The van der Waals surface area contributed by atoms with Crippen LogP contribution in [0.15, 0.2) is 35.2 Å². The third-order valence-electron chi connectivity index (χ3n) is 0.976. The fraction of sp³-hybridized carbons (Fsp3) is 0. The Morgan fingerprint density at radius 2 is 1.82 bits per heavy atom. The van der Waals surface area contributed by atoms with Crippen molar-refractivity contribution in [2.75, 3.05) is 0 Å². The molecule has 0 aliphatic carbocycles. The second-order valence-corrected chi connectivity index (χ2v) is 3.07. The van der Waals surface area contributed by atoms with Crippen molar-refractivity contribution >= 4 is 10.1 Å². The largest absolute Gasteiger partial charge is 1.00 e. The molecule has 0 fully saturated rings. The first-order valence-electron chi connectivity index (χ1n) is 3.03. The summed E-state index contributed by atoms with van der Waals surface area (Å²) in [5.41, 5.74) is 0. The summed E-state index contributed by atoms with van der Waals surface area (Å²) in [5, 5.41) is 0. The van der Waals surface area contributed by atoms with Crippen LogP contribution < -0.4 is 29.6 Å². The monoisotopic (exact) mass is 182 g/mol. The molecule has 0 radical (unpaired) electrons. The molecule has 1 aromatic carbocycles. The molecule has 0 aromatic heterocycles. The smallest absolute Gasteiger partial charge is 0.744 e. The summed E-state index contributed by atoms with van der Waals surface area (Å²) in [7, 11) is -4.35. The molecular weight excluding hydrogens is 175 g/mol. The van der Waals surface area contributed by atoms with Gasteiger partial charge in [-0.3, -0.25) is 0 Å². The van der Waals surface area contributed by atoms with E-state index in [0.717, 1.165) is 12.1 Å². The first-order valence-corrected chi connectivity index (χ1v) is 3.93. The molecule has 0 aliphatic rings. The van der Waals surface area contributed by atoms with Gasteiger partial charge in [-0.15, -0.1) is 0 Å². The molecule has 0 bridgehead atoms. The van der Waals surface area contributed by atoms with Gasteiger partial charge in [0.1, 0.15) is 10.1 Å². The Kier molecular flexibility index (Phi) is 3.54. The van der Waals surface area contributed by atoms with Crippen LogP contribution in [-0.4, -0.2) is 13.0 Å². The van der Waals surface area contributed by atoms with E-state index >= 15 is 0 Å². The van der Waals surface area contributed by atoms with Crippen molar-refractivity contribution in [1.82, 2.24) is 0 Å². The Bertz CT molecular complexity index is 346. The Balaban J connectivity index is 0.00000121. The first-order chi connectivity index (χ1) is 5.00. The molecule has 0 saturated carbocycles. The maximum absolute atomic E-state index is 10.3. The zero-order valence-electron chi connectivity index (χ0n) is 6.94. The van der Waals surface area contributed by atoms with E-state index in [4.69, 9.17) is 1.37 Å². The molecule has 5 heteroatoms. The minimum absolute atomic E-state index is 0. The normalized spacial score (nSPS) is 11.5. The molecule has 0 heterocycles. The van der Waals surface area contributed by atoms with Crippen LogP contribution in [0.2, 0.25) is 0 Å². The third kappa shape index (κ3) is 3.35. The van der Waals surface area contributed by atoms with E-state index in [1.54, 1.807) is 0 Å². The summed E-state index contributed by atoms with van der Waals surface area (Å²) >= 11 is 0. The average molecular weight is 182 g/mol. The molecule has 54 valence electrons. The minimum Gasteiger partial charge on any atom is -0.744 e. The molecule has 11 heavy (non-hydrogen) atoms. The molecule has 0 N–H and O–H groups in total. The first kappa shape index (κ1) is 9.22. The van der Waals surface area contributed by atoms with Crippen LogP contribution in [0.25, 0.3) is 0 Å². The van der Waals surface area contributed by atoms with Gasteiger partial charge in [-0.25, -0.2) is 8.42 Å². The van der Waals surface area contributed by atoms with E-state index in [2.05, 4.69) is 0 Å². The number of rotatable bonds is 1. The van der Waals surface area contributed by atoms with Gasteiger partial charge in [-0.1, -0.05) is 18.2 Å². The van der Waals surface area contributed by atoms with Crippen molar-refractivity contribution in [1.29, 1.82) is 0 Å². The van der Waals surface area contributed by atoms with E-state index in [0.29, 0.717) is 0 Å². The molecule has 0 unspecified atom stereocenters. The van der Waals surface area contributed by atoms with Crippen molar-refractivity contribution < 1.29 is 43.9 Å². The van der Waals surface area contributed by atoms with Gasteiger partial charge in [0.25, 0.3) is 0 Å². The van der Waals surface area contributed by atoms with Crippen molar-refractivity contribution in [3.63, 3.8) is 0 Å². The number of hydrogen-bond acceptors (Lipinski definition) is 3. The Morgan fingerprint density at radius 3 is 2.18 bits per heavy atom. The Hall–Kier alpha value is 0.130. The van der Waals surface area contributed by atoms with Crippen LogP contribution in [-0.2, 0) is 10.1 Å². The average Bonchev–Trinajstić information content (AvgIpc) is 1.86. The quantitative estimate of drug-likeness (QED) is 0.359. The van der Waals surface area contributed by atoms with E-state index in [1.165, 1.54) is 12.1 Å². The van der Waals surface area contributed by atoms with Crippen LogP contribution in [0.4, 0.5) is 0 Å². The van der Waals surface area contributed by atoms with Gasteiger partial charge in [0.05, 0.1) is 6.27 Å². The van der Waals surface area contributed by atoms with Gasteiger partial charge in [-0.05, 0) is 12.1 Å². The second-order valence-electron chi connectivity index (χ2n) is 1.69. The van der Waals surface area contributed by atoms with Crippen LogP contribution in [0, 0.1) is 0 Å². The van der Waals surface area contributed by atoms with Crippen molar-refractivity contribution in [2.45, 2.75) is 4.90 Å². The van der Waals surface area contributed by atoms with E-state index < -0.39 is 10.1 Å². The third-order valence-corrected chi connectivity index (χ3v) is 1.83. The maximum Gasteiger partial charge on any atom is 1.00 e. The second kappa shape index (κ2) is 4.23. The van der Waals surface area contributed by atoms with Gasteiger partial charge in [0, 0.05) is 0 Å². The molecule has 0 amide bonds. The van der Waals surface area contributed by atoms with Crippen LogP contribution in [0.5, 0.6) is 0 Å². The molecule has 0 saturated heterocycles. The molecule has 3 nitrogen and oxygen atoms in total. The van der Waals surface area contributed by atoms with Gasteiger partial charge in [0.15, 0.2) is 0 Å². The Labute approximate surface area is 88.9 Å². The number of hydrogen-bond donors (Lipinski definition) is 0. The summed E-state index contributed by atoms with van der Waals surface area (Å²) in [5.74, 6) is 0.